The minimum Gasteiger partial charge on any atom is -0.298 e. The molecule has 4 heteroatoms. The quantitative estimate of drug-likeness (QED) is 0.737. The Kier molecular flexibility index (Phi) is 6.47. The summed E-state index contributed by atoms with van der Waals surface area (Å²) in [5, 5.41) is 0.560. The van der Waals surface area contributed by atoms with Crippen LogP contribution in [0.15, 0.2) is 18.3 Å². The molecule has 0 N–H and O–H groups in total. The number of halogens is 1. The topological polar surface area (TPSA) is 16.1 Å². The predicted octanol–water partition coefficient (Wildman–Crippen LogP) is 3.95. The second-order valence-corrected chi connectivity index (χ2v) is 7.13. The molecule has 0 bridgehead atoms. The largest absolute Gasteiger partial charge is 0.298 e. The molecule has 0 saturated heterocycles. The molecule has 1 aromatic rings. The lowest BCUT2D eigenvalue weighted by Gasteiger charge is -2.29. The van der Waals surface area contributed by atoms with Gasteiger partial charge in [-0.05, 0) is 23.3 Å². The Labute approximate surface area is 120 Å². The lowest BCUT2D eigenvalue weighted by Crippen LogP contribution is -2.34. The van der Waals surface area contributed by atoms with Crippen molar-refractivity contribution in [2.24, 2.45) is 5.41 Å². The molecule has 0 aliphatic carbocycles. The Morgan fingerprint density at radius 3 is 2.56 bits per heavy atom. The highest BCUT2D eigenvalue weighted by molar-refractivity contribution is 7.98. The fraction of sp³-hybridized carbons (Fsp3) is 0.643. The van der Waals surface area contributed by atoms with Crippen LogP contribution in [-0.2, 0) is 6.54 Å². The minimum atomic E-state index is 0.318. The van der Waals surface area contributed by atoms with E-state index in [9.17, 15) is 0 Å². The zero-order chi connectivity index (χ0) is 13.6. The molecule has 2 nitrogen and oxygen atoms in total. The zero-order valence-corrected chi connectivity index (χ0v) is 13.3. The van der Waals surface area contributed by atoms with E-state index in [1.165, 1.54) is 5.56 Å². The maximum atomic E-state index is 5.81. The van der Waals surface area contributed by atoms with Gasteiger partial charge in [-0.2, -0.15) is 11.8 Å². The molecule has 0 aliphatic heterocycles. The van der Waals surface area contributed by atoms with E-state index in [4.69, 9.17) is 11.6 Å². The van der Waals surface area contributed by atoms with Crippen LogP contribution in [0.2, 0.25) is 5.15 Å². The number of rotatable bonds is 6. The maximum absolute atomic E-state index is 5.81. The fourth-order valence-electron chi connectivity index (χ4n) is 1.86. The molecule has 0 aromatic carbocycles. The monoisotopic (exact) mass is 286 g/mol. The van der Waals surface area contributed by atoms with Gasteiger partial charge in [-0.25, -0.2) is 4.98 Å². The summed E-state index contributed by atoms with van der Waals surface area (Å²) in [5.41, 5.74) is 1.54. The summed E-state index contributed by atoms with van der Waals surface area (Å²) in [6, 6.07) is 3.92. The first-order valence-electron chi connectivity index (χ1n) is 6.22. The number of hydrogen-bond acceptors (Lipinski definition) is 3. The number of pyridine rings is 1. The molecule has 0 unspecified atom stereocenters. The molecule has 0 saturated carbocycles. The summed E-state index contributed by atoms with van der Waals surface area (Å²) in [6.07, 6.45) is 4.02. The Bertz CT molecular complexity index is 346. The molecule has 102 valence electrons. The van der Waals surface area contributed by atoms with Crippen molar-refractivity contribution >= 4 is 23.4 Å². The fourth-order valence-corrected chi connectivity index (χ4v) is 2.42. The van der Waals surface area contributed by atoms with Gasteiger partial charge in [0.2, 0.25) is 0 Å². The SMILES string of the molecule is CSCCN(Cc1ccc(Cl)nc1)CC(C)(C)C. The van der Waals surface area contributed by atoms with Crippen LogP contribution in [0.1, 0.15) is 26.3 Å². The molecule has 1 heterocycles. The van der Waals surface area contributed by atoms with Gasteiger partial charge in [-0.15, -0.1) is 0 Å². The van der Waals surface area contributed by atoms with Crippen molar-refractivity contribution in [3.05, 3.63) is 29.0 Å². The molecule has 0 amide bonds. The zero-order valence-electron chi connectivity index (χ0n) is 11.7. The lowest BCUT2D eigenvalue weighted by molar-refractivity contribution is 0.193. The van der Waals surface area contributed by atoms with E-state index in [1.54, 1.807) is 0 Å². The van der Waals surface area contributed by atoms with Crippen LogP contribution in [0, 0.1) is 5.41 Å². The van der Waals surface area contributed by atoms with E-state index in [0.29, 0.717) is 10.6 Å². The standard InChI is InChI=1S/C14H23ClN2S/c1-14(2,3)11-17(7-8-18-4)10-12-5-6-13(15)16-9-12/h5-6,9H,7-8,10-11H2,1-4H3. The van der Waals surface area contributed by atoms with E-state index >= 15 is 0 Å². The van der Waals surface area contributed by atoms with Crippen molar-refractivity contribution < 1.29 is 0 Å². The molecule has 0 radical (unpaired) electrons. The second kappa shape index (κ2) is 7.37. The molecule has 1 aromatic heterocycles. The van der Waals surface area contributed by atoms with Gasteiger partial charge in [-0.1, -0.05) is 38.4 Å². The summed E-state index contributed by atoms with van der Waals surface area (Å²) in [7, 11) is 0. The van der Waals surface area contributed by atoms with Crippen LogP contribution in [0.5, 0.6) is 0 Å². The molecule has 0 fully saturated rings. The van der Waals surface area contributed by atoms with Gasteiger partial charge >= 0.3 is 0 Å². The summed E-state index contributed by atoms with van der Waals surface area (Å²) < 4.78 is 0. The first kappa shape index (κ1) is 15.8. The van der Waals surface area contributed by atoms with Crippen molar-refractivity contribution in [3.8, 4) is 0 Å². The van der Waals surface area contributed by atoms with E-state index < -0.39 is 0 Å². The summed E-state index contributed by atoms with van der Waals surface area (Å²) >= 11 is 7.70. The highest BCUT2D eigenvalue weighted by Crippen LogP contribution is 2.17. The predicted molar refractivity (Wildman–Crippen MR) is 82.4 cm³/mol. The van der Waals surface area contributed by atoms with Gasteiger partial charge in [0, 0.05) is 31.6 Å². The van der Waals surface area contributed by atoms with E-state index in [-0.39, 0.29) is 0 Å². The summed E-state index contributed by atoms with van der Waals surface area (Å²) in [4.78, 5) is 6.63. The maximum Gasteiger partial charge on any atom is 0.129 e. The van der Waals surface area contributed by atoms with Gasteiger partial charge < -0.3 is 0 Å². The first-order valence-corrected chi connectivity index (χ1v) is 7.99. The Balaban J connectivity index is 2.62. The average molecular weight is 287 g/mol. The summed E-state index contributed by atoms with van der Waals surface area (Å²) in [5.74, 6) is 1.16. The number of thioether (sulfide) groups is 1. The van der Waals surface area contributed by atoms with Crippen LogP contribution in [0.25, 0.3) is 0 Å². The van der Waals surface area contributed by atoms with Gasteiger partial charge in [0.25, 0.3) is 0 Å². The Morgan fingerprint density at radius 1 is 1.33 bits per heavy atom. The van der Waals surface area contributed by atoms with Crippen LogP contribution in [0.3, 0.4) is 0 Å². The normalized spacial score (nSPS) is 12.1. The van der Waals surface area contributed by atoms with Crippen molar-refractivity contribution in [1.29, 1.82) is 0 Å². The van der Waals surface area contributed by atoms with Crippen LogP contribution >= 0.6 is 23.4 Å². The smallest absolute Gasteiger partial charge is 0.129 e. The van der Waals surface area contributed by atoms with E-state index in [2.05, 4.69) is 43.0 Å². The highest BCUT2D eigenvalue weighted by atomic mass is 35.5. The van der Waals surface area contributed by atoms with Gasteiger partial charge in [0.1, 0.15) is 5.15 Å². The second-order valence-electron chi connectivity index (χ2n) is 5.75. The molecule has 0 spiro atoms. The van der Waals surface area contributed by atoms with E-state index in [1.807, 2.05) is 24.0 Å². The molecule has 0 atom stereocenters. The summed E-state index contributed by atoms with van der Waals surface area (Å²) in [6.45, 7) is 9.98. The Morgan fingerprint density at radius 2 is 2.06 bits per heavy atom. The van der Waals surface area contributed by atoms with Crippen molar-refractivity contribution in [1.82, 2.24) is 9.88 Å². The number of nitrogens with zero attached hydrogens (tertiary/aromatic N) is 2. The number of aromatic nitrogens is 1. The third kappa shape index (κ3) is 6.62. The first-order chi connectivity index (χ1) is 8.40. The average Bonchev–Trinajstić information content (AvgIpc) is 2.27. The van der Waals surface area contributed by atoms with Gasteiger partial charge in [0.05, 0.1) is 0 Å². The third-order valence-electron chi connectivity index (χ3n) is 2.50. The molecule has 18 heavy (non-hydrogen) atoms. The van der Waals surface area contributed by atoms with Crippen LogP contribution < -0.4 is 0 Å². The van der Waals surface area contributed by atoms with Gasteiger partial charge in [0.15, 0.2) is 0 Å². The Hall–Kier alpha value is -0.250. The molecular weight excluding hydrogens is 264 g/mol. The molecular formula is C14H23ClN2S. The van der Waals surface area contributed by atoms with Crippen molar-refractivity contribution in [2.75, 3.05) is 25.1 Å². The third-order valence-corrected chi connectivity index (χ3v) is 3.32. The highest BCUT2D eigenvalue weighted by Gasteiger charge is 2.16. The molecule has 0 aliphatic rings. The van der Waals surface area contributed by atoms with Gasteiger partial charge in [-0.3, -0.25) is 4.90 Å². The number of hydrogen-bond donors (Lipinski definition) is 0. The van der Waals surface area contributed by atoms with Crippen LogP contribution in [-0.4, -0.2) is 35.0 Å². The minimum absolute atomic E-state index is 0.318. The molecule has 1 rings (SSSR count). The lowest BCUT2D eigenvalue weighted by atomic mass is 9.96. The van der Waals surface area contributed by atoms with E-state index in [0.717, 1.165) is 25.4 Å². The van der Waals surface area contributed by atoms with Crippen LogP contribution in [0.4, 0.5) is 0 Å². The van der Waals surface area contributed by atoms with Crippen molar-refractivity contribution in [3.63, 3.8) is 0 Å². The van der Waals surface area contributed by atoms with Crippen molar-refractivity contribution in [2.45, 2.75) is 27.3 Å².